The molecule has 0 saturated heterocycles. The molecule has 1 aromatic rings. The Balaban J connectivity index is 2.45. The molecule has 1 aliphatic carbocycles. The first-order chi connectivity index (χ1) is 7.21. The highest BCUT2D eigenvalue weighted by Gasteiger charge is 2.67. The summed E-state index contributed by atoms with van der Waals surface area (Å²) in [4.78, 5) is 0. The second-order valence-electron chi connectivity index (χ2n) is 6.38. The standard InChI is InChI=1S/C13H22N2O/c1-7(2)8-9(15-16-11(8)14)10-12(3,4)13(10,5)6/h7,10H,14H2,1-6H3. The molecule has 0 spiro atoms. The van der Waals surface area contributed by atoms with Crippen molar-refractivity contribution in [2.24, 2.45) is 10.8 Å². The minimum absolute atomic E-state index is 0.278. The van der Waals surface area contributed by atoms with Crippen LogP contribution >= 0.6 is 0 Å². The predicted molar refractivity (Wildman–Crippen MR) is 65.3 cm³/mol. The van der Waals surface area contributed by atoms with Gasteiger partial charge in [-0.2, -0.15) is 0 Å². The monoisotopic (exact) mass is 222 g/mol. The third kappa shape index (κ3) is 1.23. The molecule has 0 unspecified atom stereocenters. The van der Waals surface area contributed by atoms with Gasteiger partial charge in [-0.15, -0.1) is 0 Å². The maximum absolute atomic E-state index is 5.86. The summed E-state index contributed by atoms with van der Waals surface area (Å²) >= 11 is 0. The van der Waals surface area contributed by atoms with Crippen LogP contribution in [0, 0.1) is 10.8 Å². The Morgan fingerprint density at radius 3 is 2.06 bits per heavy atom. The van der Waals surface area contributed by atoms with Crippen molar-refractivity contribution in [3.8, 4) is 0 Å². The lowest BCUT2D eigenvalue weighted by molar-refractivity contribution is 0.423. The quantitative estimate of drug-likeness (QED) is 0.832. The van der Waals surface area contributed by atoms with Crippen molar-refractivity contribution >= 4 is 5.88 Å². The van der Waals surface area contributed by atoms with E-state index in [1.54, 1.807) is 0 Å². The van der Waals surface area contributed by atoms with Gasteiger partial charge in [0, 0.05) is 11.5 Å². The van der Waals surface area contributed by atoms with Gasteiger partial charge in [0.2, 0.25) is 5.88 Å². The molecule has 90 valence electrons. The normalized spacial score (nSPS) is 22.7. The van der Waals surface area contributed by atoms with E-state index in [0.29, 0.717) is 17.7 Å². The van der Waals surface area contributed by atoms with Crippen LogP contribution in [0.4, 0.5) is 5.88 Å². The zero-order chi connectivity index (χ0) is 12.3. The van der Waals surface area contributed by atoms with Gasteiger partial charge < -0.3 is 10.3 Å². The number of anilines is 1. The van der Waals surface area contributed by atoms with Crippen molar-refractivity contribution in [2.45, 2.75) is 53.4 Å². The minimum atomic E-state index is 0.278. The van der Waals surface area contributed by atoms with Crippen LogP contribution in [0.5, 0.6) is 0 Å². The summed E-state index contributed by atoms with van der Waals surface area (Å²) < 4.78 is 5.17. The fourth-order valence-electron chi connectivity index (χ4n) is 2.99. The van der Waals surface area contributed by atoms with E-state index in [9.17, 15) is 0 Å². The molecular formula is C13H22N2O. The van der Waals surface area contributed by atoms with E-state index in [2.05, 4.69) is 46.7 Å². The first kappa shape index (κ1) is 11.5. The fraction of sp³-hybridized carbons (Fsp3) is 0.769. The van der Waals surface area contributed by atoms with Crippen molar-refractivity contribution < 1.29 is 4.52 Å². The van der Waals surface area contributed by atoms with Gasteiger partial charge >= 0.3 is 0 Å². The summed E-state index contributed by atoms with van der Waals surface area (Å²) in [5.74, 6) is 1.32. The van der Waals surface area contributed by atoms with Gasteiger partial charge in [0.1, 0.15) is 0 Å². The van der Waals surface area contributed by atoms with E-state index >= 15 is 0 Å². The Bertz CT molecular complexity index is 402. The van der Waals surface area contributed by atoms with Crippen LogP contribution in [-0.2, 0) is 0 Å². The summed E-state index contributed by atoms with van der Waals surface area (Å²) in [6.07, 6.45) is 0. The largest absolute Gasteiger partial charge is 0.367 e. The number of hydrogen-bond acceptors (Lipinski definition) is 3. The lowest BCUT2D eigenvalue weighted by atomic mass is 9.97. The molecule has 2 rings (SSSR count). The highest BCUT2D eigenvalue weighted by Crippen LogP contribution is 2.74. The van der Waals surface area contributed by atoms with E-state index in [1.807, 2.05) is 0 Å². The molecule has 1 saturated carbocycles. The van der Waals surface area contributed by atoms with Crippen LogP contribution in [0.25, 0.3) is 0 Å². The molecule has 2 N–H and O–H groups in total. The van der Waals surface area contributed by atoms with Crippen LogP contribution < -0.4 is 5.73 Å². The topological polar surface area (TPSA) is 52.0 Å². The lowest BCUT2D eigenvalue weighted by Gasteiger charge is -2.06. The van der Waals surface area contributed by atoms with E-state index in [4.69, 9.17) is 10.3 Å². The molecule has 1 aromatic heterocycles. The predicted octanol–water partition coefficient (Wildman–Crippen LogP) is 3.53. The Labute approximate surface area is 97.4 Å². The third-order valence-corrected chi connectivity index (χ3v) is 4.66. The Hall–Kier alpha value is -0.990. The van der Waals surface area contributed by atoms with Crippen LogP contribution in [0.2, 0.25) is 0 Å². The van der Waals surface area contributed by atoms with Crippen LogP contribution in [-0.4, -0.2) is 5.16 Å². The average Bonchev–Trinajstić information content (AvgIpc) is 2.42. The van der Waals surface area contributed by atoms with E-state index in [1.165, 1.54) is 0 Å². The molecule has 0 aliphatic heterocycles. The SMILES string of the molecule is CC(C)c1c(C2C(C)(C)C2(C)C)noc1N. The molecule has 16 heavy (non-hydrogen) atoms. The highest BCUT2D eigenvalue weighted by atomic mass is 16.5. The maximum Gasteiger partial charge on any atom is 0.225 e. The first-order valence-electron chi connectivity index (χ1n) is 5.96. The van der Waals surface area contributed by atoms with Crippen molar-refractivity contribution in [2.75, 3.05) is 5.73 Å². The third-order valence-electron chi connectivity index (χ3n) is 4.66. The number of nitrogens with two attached hydrogens (primary N) is 1. The molecule has 0 amide bonds. The van der Waals surface area contributed by atoms with Crippen molar-refractivity contribution in [3.05, 3.63) is 11.3 Å². The van der Waals surface area contributed by atoms with Crippen LogP contribution in [0.15, 0.2) is 4.52 Å². The van der Waals surface area contributed by atoms with E-state index in [0.717, 1.165) is 11.3 Å². The molecule has 0 aromatic carbocycles. The minimum Gasteiger partial charge on any atom is -0.367 e. The van der Waals surface area contributed by atoms with Gasteiger partial charge in [0.15, 0.2) is 0 Å². The van der Waals surface area contributed by atoms with E-state index < -0.39 is 0 Å². The van der Waals surface area contributed by atoms with E-state index in [-0.39, 0.29) is 10.8 Å². The molecular weight excluding hydrogens is 200 g/mol. The average molecular weight is 222 g/mol. The first-order valence-corrected chi connectivity index (χ1v) is 5.96. The molecule has 0 atom stereocenters. The molecule has 3 heteroatoms. The Kier molecular flexibility index (Phi) is 2.17. The van der Waals surface area contributed by atoms with Crippen LogP contribution in [0.3, 0.4) is 0 Å². The number of nitrogen functional groups attached to an aromatic ring is 1. The van der Waals surface area contributed by atoms with Gasteiger partial charge in [-0.3, -0.25) is 0 Å². The molecule has 1 fully saturated rings. The van der Waals surface area contributed by atoms with Gasteiger partial charge in [-0.1, -0.05) is 46.7 Å². The Morgan fingerprint density at radius 1 is 1.19 bits per heavy atom. The summed E-state index contributed by atoms with van der Waals surface area (Å²) in [5.41, 5.74) is 8.58. The maximum atomic E-state index is 5.86. The molecule has 0 radical (unpaired) electrons. The molecule has 1 heterocycles. The van der Waals surface area contributed by atoms with Gasteiger partial charge in [-0.05, 0) is 16.7 Å². The zero-order valence-electron chi connectivity index (χ0n) is 11.1. The summed E-state index contributed by atoms with van der Waals surface area (Å²) in [6.45, 7) is 13.4. The zero-order valence-corrected chi connectivity index (χ0v) is 11.1. The summed E-state index contributed by atoms with van der Waals surface area (Å²) in [7, 11) is 0. The second kappa shape index (κ2) is 3.02. The van der Waals surface area contributed by atoms with Gasteiger partial charge in [0.05, 0.1) is 5.69 Å². The van der Waals surface area contributed by atoms with Crippen LogP contribution in [0.1, 0.15) is 64.6 Å². The van der Waals surface area contributed by atoms with Crippen molar-refractivity contribution in [1.82, 2.24) is 5.16 Å². The molecule has 1 aliphatic rings. The lowest BCUT2D eigenvalue weighted by Crippen LogP contribution is -1.99. The number of hydrogen-bond donors (Lipinski definition) is 1. The second-order valence-corrected chi connectivity index (χ2v) is 6.38. The van der Waals surface area contributed by atoms with Gasteiger partial charge in [0.25, 0.3) is 0 Å². The smallest absolute Gasteiger partial charge is 0.225 e. The van der Waals surface area contributed by atoms with Crippen molar-refractivity contribution in [3.63, 3.8) is 0 Å². The van der Waals surface area contributed by atoms with Gasteiger partial charge in [-0.25, -0.2) is 0 Å². The highest BCUT2D eigenvalue weighted by molar-refractivity contribution is 5.47. The molecule has 3 nitrogen and oxygen atoms in total. The molecule has 0 bridgehead atoms. The van der Waals surface area contributed by atoms with Crippen molar-refractivity contribution in [1.29, 1.82) is 0 Å². The summed E-state index contributed by atoms with van der Waals surface area (Å²) in [6, 6.07) is 0. The number of rotatable bonds is 2. The number of nitrogens with zero attached hydrogens (tertiary/aromatic N) is 1. The fourth-order valence-corrected chi connectivity index (χ4v) is 2.99. The number of aromatic nitrogens is 1. The summed E-state index contributed by atoms with van der Waals surface area (Å²) in [5, 5.41) is 4.19. The Morgan fingerprint density at radius 2 is 1.69 bits per heavy atom.